The van der Waals surface area contributed by atoms with Gasteiger partial charge < -0.3 is 25.8 Å². The van der Waals surface area contributed by atoms with Gasteiger partial charge in [-0.2, -0.15) is 0 Å². The van der Waals surface area contributed by atoms with Crippen LogP contribution in [0.25, 0.3) is 22.0 Å². The molecule has 1 amide bonds. The van der Waals surface area contributed by atoms with E-state index in [9.17, 15) is 4.79 Å². The van der Waals surface area contributed by atoms with Crippen molar-refractivity contribution in [2.45, 2.75) is 25.4 Å². The van der Waals surface area contributed by atoms with E-state index in [0.717, 1.165) is 60.8 Å². The number of nitrogens with zero attached hydrogens (tertiary/aromatic N) is 3. The lowest BCUT2D eigenvalue weighted by Gasteiger charge is -2.33. The van der Waals surface area contributed by atoms with Crippen LogP contribution in [0.15, 0.2) is 60.2 Å². The van der Waals surface area contributed by atoms with Crippen LogP contribution in [0.4, 0.5) is 5.13 Å². The first-order chi connectivity index (χ1) is 18.1. The Morgan fingerprint density at radius 2 is 2.00 bits per heavy atom. The van der Waals surface area contributed by atoms with E-state index in [0.29, 0.717) is 17.6 Å². The number of rotatable bonds is 7. The fourth-order valence-corrected chi connectivity index (χ4v) is 6.12. The standard InChI is InChI=1S/C28H30N6OS2.ClH/c29-26(36)20-3-1-2-19(13-20)24-17-34(22-6-9-33(10-7-22)28-31-8-11-37-28)25-12-18(4-5-23(24)25)14-32-27(35)21-15-30-16-21;/h1-5,8,11-13,17,21-22,30H,6-7,9-10,14-16H2,(H2,29,36)(H,32,35);1H. The van der Waals surface area contributed by atoms with Crippen molar-refractivity contribution >= 4 is 62.9 Å². The number of nitrogens with two attached hydrogens (primary N) is 1. The minimum absolute atomic E-state index is 0. The van der Waals surface area contributed by atoms with Gasteiger partial charge in [-0.3, -0.25) is 4.79 Å². The molecule has 2 aromatic carbocycles. The summed E-state index contributed by atoms with van der Waals surface area (Å²) in [5, 5.41) is 10.6. The van der Waals surface area contributed by atoms with Crippen LogP contribution in [0.2, 0.25) is 0 Å². The molecule has 0 bridgehead atoms. The molecule has 4 aromatic rings. The molecule has 2 fully saturated rings. The minimum atomic E-state index is 0. The first-order valence-electron chi connectivity index (χ1n) is 12.7. The van der Waals surface area contributed by atoms with Gasteiger partial charge in [0.25, 0.3) is 0 Å². The van der Waals surface area contributed by atoms with Crippen molar-refractivity contribution < 1.29 is 4.79 Å². The molecule has 7 nitrogen and oxygen atoms in total. The predicted octanol–water partition coefficient (Wildman–Crippen LogP) is 4.50. The molecule has 4 heterocycles. The molecule has 38 heavy (non-hydrogen) atoms. The maximum atomic E-state index is 12.4. The average molecular weight is 567 g/mol. The van der Waals surface area contributed by atoms with Gasteiger partial charge in [0.2, 0.25) is 5.91 Å². The van der Waals surface area contributed by atoms with Gasteiger partial charge >= 0.3 is 0 Å². The molecule has 2 aliphatic rings. The highest BCUT2D eigenvalue weighted by atomic mass is 35.5. The quantitative estimate of drug-likeness (QED) is 0.286. The van der Waals surface area contributed by atoms with Crippen molar-refractivity contribution in [2.24, 2.45) is 11.7 Å². The van der Waals surface area contributed by atoms with Crippen LogP contribution in [0, 0.1) is 5.92 Å². The average Bonchev–Trinajstić information content (AvgIpc) is 3.55. The predicted molar refractivity (Wildman–Crippen MR) is 161 cm³/mol. The Morgan fingerprint density at radius 3 is 2.68 bits per heavy atom. The molecule has 0 saturated carbocycles. The third kappa shape index (κ3) is 5.29. The molecule has 0 unspecified atom stereocenters. The normalized spacial score (nSPS) is 16.2. The summed E-state index contributed by atoms with van der Waals surface area (Å²) in [6.07, 6.45) is 6.26. The number of carbonyl (C=O) groups is 1. The summed E-state index contributed by atoms with van der Waals surface area (Å²) < 4.78 is 2.44. The molecule has 2 saturated heterocycles. The molecule has 0 radical (unpaired) electrons. The van der Waals surface area contributed by atoms with E-state index in [-0.39, 0.29) is 24.2 Å². The number of hydrogen-bond donors (Lipinski definition) is 3. The number of hydrogen-bond acceptors (Lipinski definition) is 6. The van der Waals surface area contributed by atoms with Crippen LogP contribution >= 0.6 is 36.0 Å². The molecule has 0 aliphatic carbocycles. The summed E-state index contributed by atoms with van der Waals surface area (Å²) in [7, 11) is 0. The van der Waals surface area contributed by atoms with Gasteiger partial charge in [-0.05, 0) is 36.1 Å². The molecule has 0 atom stereocenters. The second-order valence-corrected chi connectivity index (χ2v) is 11.2. The van der Waals surface area contributed by atoms with Gasteiger partial charge in [-0.1, -0.05) is 42.5 Å². The Bertz CT molecular complexity index is 1440. The van der Waals surface area contributed by atoms with Gasteiger partial charge in [-0.25, -0.2) is 4.98 Å². The van der Waals surface area contributed by atoms with Crippen molar-refractivity contribution in [1.82, 2.24) is 20.2 Å². The fraction of sp³-hybridized carbons (Fsp3) is 0.321. The minimum Gasteiger partial charge on any atom is -0.389 e. The number of nitrogens with one attached hydrogen (secondary N) is 2. The number of piperidine rings is 1. The Balaban J connectivity index is 0.00000294. The van der Waals surface area contributed by atoms with Crippen LogP contribution in [-0.2, 0) is 11.3 Å². The highest BCUT2D eigenvalue weighted by molar-refractivity contribution is 7.80. The molecular weight excluding hydrogens is 536 g/mol. The molecule has 6 rings (SSSR count). The van der Waals surface area contributed by atoms with Gasteiger partial charge in [0.1, 0.15) is 4.99 Å². The van der Waals surface area contributed by atoms with E-state index in [2.05, 4.69) is 61.6 Å². The summed E-state index contributed by atoms with van der Waals surface area (Å²) >= 11 is 6.94. The van der Waals surface area contributed by atoms with Crippen LogP contribution in [0.1, 0.15) is 30.0 Å². The maximum Gasteiger partial charge on any atom is 0.225 e. The second-order valence-electron chi connectivity index (χ2n) is 9.85. The molecular formula is C28H31ClN6OS2. The summed E-state index contributed by atoms with van der Waals surface area (Å²) in [4.78, 5) is 19.7. The van der Waals surface area contributed by atoms with Crippen LogP contribution < -0.4 is 21.3 Å². The van der Waals surface area contributed by atoms with Crippen molar-refractivity contribution in [2.75, 3.05) is 31.1 Å². The third-order valence-electron chi connectivity index (χ3n) is 7.52. The van der Waals surface area contributed by atoms with E-state index in [1.54, 1.807) is 11.3 Å². The topological polar surface area (TPSA) is 88.2 Å². The molecule has 10 heteroatoms. The van der Waals surface area contributed by atoms with Crippen molar-refractivity contribution in [3.8, 4) is 11.1 Å². The monoisotopic (exact) mass is 566 g/mol. The summed E-state index contributed by atoms with van der Waals surface area (Å²) in [6, 6.07) is 15.1. The van der Waals surface area contributed by atoms with Crippen molar-refractivity contribution in [1.29, 1.82) is 0 Å². The van der Waals surface area contributed by atoms with Gasteiger partial charge in [0.05, 0.1) is 5.92 Å². The van der Waals surface area contributed by atoms with Gasteiger partial charge in [-0.15, -0.1) is 23.7 Å². The molecule has 2 aromatic heterocycles. The Labute approximate surface area is 237 Å². The number of carbonyl (C=O) groups excluding carboxylic acids is 1. The highest BCUT2D eigenvalue weighted by Crippen LogP contribution is 2.37. The molecule has 2 aliphatic heterocycles. The van der Waals surface area contributed by atoms with E-state index >= 15 is 0 Å². The smallest absolute Gasteiger partial charge is 0.225 e. The maximum absolute atomic E-state index is 12.4. The highest BCUT2D eigenvalue weighted by Gasteiger charge is 2.26. The number of aromatic nitrogens is 2. The zero-order valence-electron chi connectivity index (χ0n) is 20.9. The summed E-state index contributed by atoms with van der Waals surface area (Å²) in [5.41, 5.74) is 11.4. The van der Waals surface area contributed by atoms with Crippen LogP contribution in [-0.4, -0.2) is 46.6 Å². The summed E-state index contributed by atoms with van der Waals surface area (Å²) in [6.45, 7) is 4.03. The molecule has 4 N–H and O–H groups in total. The number of benzene rings is 2. The summed E-state index contributed by atoms with van der Waals surface area (Å²) in [5.74, 6) is 0.210. The number of anilines is 1. The molecule has 198 valence electrons. The second kappa shape index (κ2) is 11.4. The van der Waals surface area contributed by atoms with E-state index in [1.807, 2.05) is 23.7 Å². The number of thiazole rings is 1. The Kier molecular flexibility index (Phi) is 7.99. The number of halogens is 1. The number of fused-ring (bicyclic) bond motifs is 1. The Morgan fingerprint density at radius 1 is 1.18 bits per heavy atom. The third-order valence-corrected chi connectivity index (χ3v) is 8.59. The van der Waals surface area contributed by atoms with Crippen LogP contribution in [0.5, 0.6) is 0 Å². The van der Waals surface area contributed by atoms with E-state index in [4.69, 9.17) is 18.0 Å². The lowest BCUT2D eigenvalue weighted by molar-refractivity contribution is -0.126. The lowest BCUT2D eigenvalue weighted by atomic mass is 10.0. The van der Waals surface area contributed by atoms with E-state index < -0.39 is 0 Å². The van der Waals surface area contributed by atoms with Crippen LogP contribution in [0.3, 0.4) is 0 Å². The lowest BCUT2D eigenvalue weighted by Crippen LogP contribution is -2.50. The van der Waals surface area contributed by atoms with Gasteiger partial charge in [0.15, 0.2) is 5.13 Å². The van der Waals surface area contributed by atoms with E-state index in [1.165, 1.54) is 16.5 Å². The fourth-order valence-electron chi connectivity index (χ4n) is 5.29. The first kappa shape index (κ1) is 26.6. The van der Waals surface area contributed by atoms with Gasteiger partial charge in [0, 0.05) is 78.6 Å². The first-order valence-corrected chi connectivity index (χ1v) is 14.0. The number of amides is 1. The zero-order chi connectivity index (χ0) is 25.4. The Hall–Kier alpha value is -2.98. The number of thiocarbonyl (C=S) groups is 1. The van der Waals surface area contributed by atoms with Crippen molar-refractivity contribution in [3.05, 3.63) is 71.4 Å². The largest absolute Gasteiger partial charge is 0.389 e. The SMILES string of the molecule is Cl.NC(=S)c1cccc(-c2cn(C3CCN(c4nccs4)CC3)c3cc(CNC(=O)C4CNC4)ccc23)c1. The zero-order valence-corrected chi connectivity index (χ0v) is 23.4. The van der Waals surface area contributed by atoms with Crippen molar-refractivity contribution in [3.63, 3.8) is 0 Å². The molecule has 0 spiro atoms.